The number of rotatable bonds is 4. The van der Waals surface area contributed by atoms with E-state index in [1.165, 1.54) is 0 Å². The molecule has 3 rings (SSSR count). The highest BCUT2D eigenvalue weighted by atomic mass is 16.5. The molecule has 1 amide bonds. The van der Waals surface area contributed by atoms with E-state index >= 15 is 0 Å². The smallest absolute Gasteiger partial charge is 0.251 e. The lowest BCUT2D eigenvalue weighted by molar-refractivity contribution is 0.0811. The van der Waals surface area contributed by atoms with Crippen molar-refractivity contribution in [3.8, 4) is 11.5 Å². The highest BCUT2D eigenvalue weighted by molar-refractivity contribution is 5.94. The van der Waals surface area contributed by atoms with Gasteiger partial charge in [0.05, 0.1) is 26.4 Å². The number of hydrogen-bond donors (Lipinski definition) is 2. The van der Waals surface area contributed by atoms with E-state index in [4.69, 9.17) is 9.47 Å². The fourth-order valence-electron chi connectivity index (χ4n) is 3.18. The molecule has 0 aromatic heterocycles. The van der Waals surface area contributed by atoms with Gasteiger partial charge in [-0.3, -0.25) is 4.79 Å². The number of carbonyl (C=O) groups is 1. The summed E-state index contributed by atoms with van der Waals surface area (Å²) in [6, 6.07) is 12.3. The molecule has 0 saturated heterocycles. The molecule has 5 nitrogen and oxygen atoms in total. The number of nitrogens with one attached hydrogen (secondary N) is 1. The van der Waals surface area contributed by atoms with Crippen LogP contribution in [0.4, 0.5) is 0 Å². The van der Waals surface area contributed by atoms with Crippen molar-refractivity contribution in [2.75, 3.05) is 14.2 Å². The first-order valence-corrected chi connectivity index (χ1v) is 7.90. The van der Waals surface area contributed by atoms with E-state index in [0.717, 1.165) is 22.6 Å². The number of aliphatic hydroxyl groups is 1. The van der Waals surface area contributed by atoms with Crippen molar-refractivity contribution in [3.63, 3.8) is 0 Å². The minimum Gasteiger partial charge on any atom is -0.496 e. The summed E-state index contributed by atoms with van der Waals surface area (Å²) in [6.07, 6.45) is 0.233. The van der Waals surface area contributed by atoms with Crippen LogP contribution in [0, 0.1) is 0 Å². The summed E-state index contributed by atoms with van der Waals surface area (Å²) in [5.74, 6) is 1.29. The molecule has 2 aromatic rings. The third kappa shape index (κ3) is 3.08. The van der Waals surface area contributed by atoms with Gasteiger partial charge in [-0.1, -0.05) is 18.2 Å². The molecule has 0 unspecified atom stereocenters. The minimum absolute atomic E-state index is 0.190. The van der Waals surface area contributed by atoms with Crippen LogP contribution in [0.3, 0.4) is 0 Å². The van der Waals surface area contributed by atoms with E-state index in [2.05, 4.69) is 5.32 Å². The largest absolute Gasteiger partial charge is 0.496 e. The Bertz CT molecular complexity index is 730. The second-order valence-electron chi connectivity index (χ2n) is 5.85. The van der Waals surface area contributed by atoms with E-state index in [9.17, 15) is 9.90 Å². The zero-order chi connectivity index (χ0) is 17.1. The molecular weight excluding hydrogens is 306 g/mol. The van der Waals surface area contributed by atoms with E-state index in [-0.39, 0.29) is 11.9 Å². The molecule has 1 aliphatic rings. The van der Waals surface area contributed by atoms with Crippen molar-refractivity contribution in [2.24, 2.45) is 0 Å². The number of hydrogen-bond acceptors (Lipinski definition) is 4. The molecule has 0 heterocycles. The first-order chi connectivity index (χ1) is 11.6. The van der Waals surface area contributed by atoms with Gasteiger partial charge < -0.3 is 19.9 Å². The molecule has 0 bridgehead atoms. The van der Waals surface area contributed by atoms with Gasteiger partial charge in [0.25, 0.3) is 5.91 Å². The summed E-state index contributed by atoms with van der Waals surface area (Å²) in [4.78, 5) is 12.4. The Hall–Kier alpha value is -2.53. The Morgan fingerprint density at radius 3 is 2.17 bits per heavy atom. The molecule has 126 valence electrons. The predicted molar refractivity (Wildman–Crippen MR) is 90.7 cm³/mol. The summed E-state index contributed by atoms with van der Waals surface area (Å²) in [6.45, 7) is 0. The Balaban J connectivity index is 1.85. The number of carbonyl (C=O) groups excluding carboxylic acids is 1. The Morgan fingerprint density at radius 1 is 1.00 bits per heavy atom. The van der Waals surface area contributed by atoms with E-state index in [1.807, 2.05) is 30.3 Å². The quantitative estimate of drug-likeness (QED) is 0.901. The highest BCUT2D eigenvalue weighted by Gasteiger charge is 2.32. The van der Waals surface area contributed by atoms with Crippen LogP contribution in [0.1, 0.15) is 21.5 Å². The van der Waals surface area contributed by atoms with Crippen LogP contribution >= 0.6 is 0 Å². The van der Waals surface area contributed by atoms with Crippen LogP contribution in [0.25, 0.3) is 0 Å². The highest BCUT2D eigenvalue weighted by Crippen LogP contribution is 2.36. The summed E-state index contributed by atoms with van der Waals surface area (Å²) >= 11 is 0. The fraction of sp³-hybridized carbons (Fsp3) is 0.316. The zero-order valence-corrected chi connectivity index (χ0v) is 13.8. The molecule has 24 heavy (non-hydrogen) atoms. The van der Waals surface area contributed by atoms with Crippen molar-refractivity contribution < 1.29 is 19.4 Å². The average Bonchev–Trinajstić information content (AvgIpc) is 2.62. The number of amides is 1. The van der Waals surface area contributed by atoms with Crippen molar-refractivity contribution in [3.05, 3.63) is 59.2 Å². The second kappa shape index (κ2) is 6.93. The van der Waals surface area contributed by atoms with Gasteiger partial charge in [-0.2, -0.15) is 0 Å². The Kier molecular flexibility index (Phi) is 4.71. The topological polar surface area (TPSA) is 67.8 Å². The van der Waals surface area contributed by atoms with Crippen LogP contribution in [0.15, 0.2) is 42.5 Å². The van der Waals surface area contributed by atoms with E-state index in [0.29, 0.717) is 18.4 Å². The molecule has 0 saturated carbocycles. The van der Waals surface area contributed by atoms with Gasteiger partial charge in [0.15, 0.2) is 0 Å². The molecule has 5 heteroatoms. The molecule has 2 aromatic carbocycles. The molecule has 2 atom stereocenters. The third-order valence-electron chi connectivity index (χ3n) is 4.44. The Morgan fingerprint density at radius 2 is 1.58 bits per heavy atom. The number of benzene rings is 2. The monoisotopic (exact) mass is 327 g/mol. The maximum absolute atomic E-state index is 12.4. The maximum atomic E-state index is 12.4. The van der Waals surface area contributed by atoms with Gasteiger partial charge in [-0.15, -0.1) is 0 Å². The van der Waals surface area contributed by atoms with E-state index < -0.39 is 6.10 Å². The van der Waals surface area contributed by atoms with Crippen LogP contribution in [0.2, 0.25) is 0 Å². The Labute approximate surface area is 141 Å². The standard InChI is InChI=1S/C19H21NO4/c1-23-17-8-9-18(24-2)14-11-16(21)15(10-13(14)17)20-19(22)12-6-4-3-5-7-12/h3-9,15-16,21H,10-11H2,1-2H3,(H,20,22)/t15-,16-/m0/s1. The second-order valence-corrected chi connectivity index (χ2v) is 5.85. The lowest BCUT2D eigenvalue weighted by atomic mass is 9.84. The lowest BCUT2D eigenvalue weighted by Crippen LogP contribution is -2.48. The molecule has 0 radical (unpaired) electrons. The average molecular weight is 327 g/mol. The molecule has 0 aliphatic heterocycles. The van der Waals surface area contributed by atoms with Gasteiger partial charge in [-0.25, -0.2) is 0 Å². The first kappa shape index (κ1) is 16.3. The third-order valence-corrected chi connectivity index (χ3v) is 4.44. The van der Waals surface area contributed by atoms with Crippen LogP contribution in [-0.4, -0.2) is 37.4 Å². The number of aliphatic hydroxyl groups excluding tert-OH is 1. The van der Waals surface area contributed by atoms with Crippen LogP contribution in [-0.2, 0) is 12.8 Å². The van der Waals surface area contributed by atoms with Gasteiger partial charge in [0, 0.05) is 23.1 Å². The first-order valence-electron chi connectivity index (χ1n) is 7.90. The summed E-state index contributed by atoms with van der Waals surface area (Å²) in [5, 5.41) is 13.4. The molecule has 0 spiro atoms. The molecule has 2 N–H and O–H groups in total. The van der Waals surface area contributed by atoms with Gasteiger partial charge >= 0.3 is 0 Å². The predicted octanol–water partition coefficient (Wildman–Crippen LogP) is 1.96. The maximum Gasteiger partial charge on any atom is 0.251 e. The number of ether oxygens (including phenoxy) is 2. The number of methoxy groups -OCH3 is 2. The lowest BCUT2D eigenvalue weighted by Gasteiger charge is -2.32. The molecular formula is C19H21NO4. The van der Waals surface area contributed by atoms with Crippen molar-refractivity contribution in [1.82, 2.24) is 5.32 Å². The summed E-state index contributed by atoms with van der Waals surface area (Å²) in [7, 11) is 3.22. The molecule has 1 aliphatic carbocycles. The van der Waals surface area contributed by atoms with Crippen molar-refractivity contribution in [1.29, 1.82) is 0 Å². The SMILES string of the molecule is COc1ccc(OC)c2c1C[C@H](NC(=O)c1ccccc1)[C@@H](O)C2. The van der Waals surface area contributed by atoms with Gasteiger partial charge in [0.1, 0.15) is 11.5 Å². The van der Waals surface area contributed by atoms with Gasteiger partial charge in [0.2, 0.25) is 0 Å². The zero-order valence-electron chi connectivity index (χ0n) is 13.8. The van der Waals surface area contributed by atoms with Crippen LogP contribution < -0.4 is 14.8 Å². The van der Waals surface area contributed by atoms with Crippen LogP contribution in [0.5, 0.6) is 11.5 Å². The van der Waals surface area contributed by atoms with Crippen molar-refractivity contribution >= 4 is 5.91 Å². The molecule has 0 fully saturated rings. The summed E-state index contributed by atoms with van der Waals surface area (Å²) in [5.41, 5.74) is 2.49. The minimum atomic E-state index is -0.675. The van der Waals surface area contributed by atoms with E-state index in [1.54, 1.807) is 26.4 Å². The number of fused-ring (bicyclic) bond motifs is 1. The fourth-order valence-corrected chi connectivity index (χ4v) is 3.18. The van der Waals surface area contributed by atoms with Crippen molar-refractivity contribution in [2.45, 2.75) is 25.0 Å². The summed E-state index contributed by atoms with van der Waals surface area (Å²) < 4.78 is 10.8. The van der Waals surface area contributed by atoms with Gasteiger partial charge in [-0.05, 0) is 30.7 Å². The normalized spacial score (nSPS) is 19.3.